The molecule has 5 aromatic rings. The Bertz CT molecular complexity index is 1340. The van der Waals surface area contributed by atoms with Crippen molar-refractivity contribution in [1.29, 1.82) is 0 Å². The van der Waals surface area contributed by atoms with E-state index in [4.69, 9.17) is 0 Å². The molecule has 1 N–H and O–H groups in total. The highest BCUT2D eigenvalue weighted by Crippen LogP contribution is 2.28. The van der Waals surface area contributed by atoms with Gasteiger partial charge in [0.25, 0.3) is 5.56 Å². The summed E-state index contributed by atoms with van der Waals surface area (Å²) in [6.45, 7) is 0.450. The molecule has 27 heavy (non-hydrogen) atoms. The van der Waals surface area contributed by atoms with Gasteiger partial charge in [0, 0.05) is 11.6 Å². The smallest absolute Gasteiger partial charge is 0.263 e. The van der Waals surface area contributed by atoms with Crippen LogP contribution in [0.25, 0.3) is 33.1 Å². The molecular weight excluding hydrogens is 338 g/mol. The van der Waals surface area contributed by atoms with Crippen LogP contribution >= 0.6 is 0 Å². The Kier molecular flexibility index (Phi) is 3.53. The van der Waals surface area contributed by atoms with Gasteiger partial charge < -0.3 is 0 Å². The van der Waals surface area contributed by atoms with E-state index in [0.717, 1.165) is 27.6 Å². The number of hydrogen-bond acceptors (Lipinski definition) is 4. The van der Waals surface area contributed by atoms with E-state index in [2.05, 4.69) is 38.4 Å². The fourth-order valence-electron chi connectivity index (χ4n) is 3.36. The lowest BCUT2D eigenvalue weighted by molar-refractivity contribution is 0.747. The van der Waals surface area contributed by atoms with E-state index in [9.17, 15) is 4.79 Å². The van der Waals surface area contributed by atoms with Gasteiger partial charge in [0.2, 0.25) is 0 Å². The third-order valence-electron chi connectivity index (χ3n) is 4.67. The Morgan fingerprint density at radius 2 is 1.89 bits per heavy atom. The second-order valence-corrected chi connectivity index (χ2v) is 6.39. The monoisotopic (exact) mass is 353 g/mol. The summed E-state index contributed by atoms with van der Waals surface area (Å²) in [5, 5.41) is 8.73. The van der Waals surface area contributed by atoms with E-state index in [0.29, 0.717) is 17.6 Å². The molecule has 130 valence electrons. The molecule has 0 saturated heterocycles. The minimum atomic E-state index is -0.0876. The van der Waals surface area contributed by atoms with Gasteiger partial charge in [0.1, 0.15) is 6.33 Å². The molecule has 0 atom stereocenters. The molecule has 0 aliphatic heterocycles. The van der Waals surface area contributed by atoms with Crippen LogP contribution in [-0.4, -0.2) is 24.7 Å². The Balaban J connectivity index is 1.56. The maximum Gasteiger partial charge on any atom is 0.263 e. The van der Waals surface area contributed by atoms with E-state index in [-0.39, 0.29) is 5.56 Å². The number of aromatic nitrogens is 5. The number of H-pyrrole nitrogens is 1. The standard InChI is InChI=1S/C21H15N5O/c27-21-17-7-3-9-22-20(17)23-13-26(21)12-14-4-1-5-15(10-14)16-6-2-8-19-18(16)11-24-25-19/h1-11,13H,12H2,(H,24,25). The quantitative estimate of drug-likeness (QED) is 0.539. The summed E-state index contributed by atoms with van der Waals surface area (Å²) >= 11 is 0. The third kappa shape index (κ3) is 2.67. The van der Waals surface area contributed by atoms with Crippen molar-refractivity contribution in [2.45, 2.75) is 6.54 Å². The highest BCUT2D eigenvalue weighted by Gasteiger charge is 2.08. The number of pyridine rings is 1. The van der Waals surface area contributed by atoms with Crippen molar-refractivity contribution in [3.8, 4) is 11.1 Å². The van der Waals surface area contributed by atoms with Gasteiger partial charge in [0.15, 0.2) is 5.65 Å². The minimum Gasteiger partial charge on any atom is -0.294 e. The molecule has 0 radical (unpaired) electrons. The zero-order chi connectivity index (χ0) is 18.2. The van der Waals surface area contributed by atoms with Crippen molar-refractivity contribution < 1.29 is 0 Å². The van der Waals surface area contributed by atoms with Gasteiger partial charge in [-0.05, 0) is 41.0 Å². The number of aromatic amines is 1. The lowest BCUT2D eigenvalue weighted by Crippen LogP contribution is -2.21. The molecule has 0 spiro atoms. The van der Waals surface area contributed by atoms with Crippen LogP contribution in [0.4, 0.5) is 0 Å². The number of nitrogens with zero attached hydrogens (tertiary/aromatic N) is 4. The second-order valence-electron chi connectivity index (χ2n) is 6.39. The number of rotatable bonds is 3. The summed E-state index contributed by atoms with van der Waals surface area (Å²) in [6, 6.07) is 17.8. The highest BCUT2D eigenvalue weighted by molar-refractivity contribution is 5.94. The van der Waals surface area contributed by atoms with Gasteiger partial charge in [-0.2, -0.15) is 5.10 Å². The van der Waals surface area contributed by atoms with Crippen molar-refractivity contribution in [2.24, 2.45) is 0 Å². The maximum atomic E-state index is 12.7. The van der Waals surface area contributed by atoms with E-state index in [1.807, 2.05) is 30.5 Å². The van der Waals surface area contributed by atoms with Gasteiger partial charge in [0.05, 0.1) is 23.6 Å². The molecule has 0 bridgehead atoms. The van der Waals surface area contributed by atoms with E-state index in [1.54, 1.807) is 29.2 Å². The van der Waals surface area contributed by atoms with Crippen LogP contribution in [0.2, 0.25) is 0 Å². The minimum absolute atomic E-state index is 0.0876. The first kappa shape index (κ1) is 15.5. The predicted molar refractivity (Wildman–Crippen MR) is 104 cm³/mol. The van der Waals surface area contributed by atoms with Gasteiger partial charge in [-0.1, -0.05) is 30.3 Å². The fraction of sp³-hybridized carbons (Fsp3) is 0.0476. The molecule has 6 heteroatoms. The summed E-state index contributed by atoms with van der Waals surface area (Å²) in [6.07, 6.45) is 5.03. The van der Waals surface area contributed by atoms with Crippen molar-refractivity contribution in [3.05, 3.63) is 89.2 Å². The summed E-state index contributed by atoms with van der Waals surface area (Å²) in [4.78, 5) is 21.1. The van der Waals surface area contributed by atoms with Crippen LogP contribution in [0.15, 0.2) is 78.1 Å². The fourth-order valence-corrected chi connectivity index (χ4v) is 3.36. The van der Waals surface area contributed by atoms with Crippen LogP contribution in [0, 0.1) is 0 Å². The van der Waals surface area contributed by atoms with Gasteiger partial charge in [-0.15, -0.1) is 0 Å². The molecule has 0 unspecified atom stereocenters. The lowest BCUT2D eigenvalue weighted by atomic mass is 10.00. The molecule has 0 amide bonds. The van der Waals surface area contributed by atoms with Crippen LogP contribution in [0.5, 0.6) is 0 Å². The summed E-state index contributed by atoms with van der Waals surface area (Å²) in [7, 11) is 0. The van der Waals surface area contributed by atoms with Gasteiger partial charge in [-0.25, -0.2) is 9.97 Å². The molecule has 2 aromatic carbocycles. The Labute approximate surface area is 154 Å². The number of benzene rings is 2. The molecule has 3 aromatic heterocycles. The topological polar surface area (TPSA) is 76.5 Å². The number of nitrogens with one attached hydrogen (secondary N) is 1. The number of hydrogen-bond donors (Lipinski definition) is 1. The Morgan fingerprint density at radius 1 is 0.963 bits per heavy atom. The van der Waals surface area contributed by atoms with Gasteiger partial charge >= 0.3 is 0 Å². The molecule has 6 nitrogen and oxygen atoms in total. The van der Waals surface area contributed by atoms with Crippen molar-refractivity contribution in [3.63, 3.8) is 0 Å². The van der Waals surface area contributed by atoms with Crippen LogP contribution in [0.1, 0.15) is 5.56 Å². The first-order valence-corrected chi connectivity index (χ1v) is 8.61. The molecule has 3 heterocycles. The Hall–Kier alpha value is -3.80. The zero-order valence-corrected chi connectivity index (χ0v) is 14.3. The Morgan fingerprint density at radius 3 is 2.85 bits per heavy atom. The summed E-state index contributed by atoms with van der Waals surface area (Å²) in [5.41, 5.74) is 4.61. The molecule has 5 rings (SSSR count). The zero-order valence-electron chi connectivity index (χ0n) is 14.3. The first-order chi connectivity index (χ1) is 13.3. The molecule has 0 aliphatic carbocycles. The van der Waals surface area contributed by atoms with Crippen LogP contribution in [0.3, 0.4) is 0 Å². The molecular formula is C21H15N5O. The number of fused-ring (bicyclic) bond motifs is 2. The van der Waals surface area contributed by atoms with Crippen molar-refractivity contribution >= 4 is 21.9 Å². The van der Waals surface area contributed by atoms with Crippen molar-refractivity contribution in [1.82, 2.24) is 24.7 Å². The molecule has 0 saturated carbocycles. The first-order valence-electron chi connectivity index (χ1n) is 8.61. The SMILES string of the molecule is O=c1c2cccnc2ncn1Cc1cccc(-c2cccc3[nH]ncc23)c1. The second kappa shape index (κ2) is 6.17. The van der Waals surface area contributed by atoms with Crippen LogP contribution in [-0.2, 0) is 6.54 Å². The molecule has 0 fully saturated rings. The average Bonchev–Trinajstić information content (AvgIpc) is 3.19. The maximum absolute atomic E-state index is 12.7. The average molecular weight is 353 g/mol. The van der Waals surface area contributed by atoms with Crippen LogP contribution < -0.4 is 5.56 Å². The van der Waals surface area contributed by atoms with E-state index in [1.165, 1.54) is 0 Å². The van der Waals surface area contributed by atoms with E-state index >= 15 is 0 Å². The van der Waals surface area contributed by atoms with Crippen molar-refractivity contribution in [2.75, 3.05) is 0 Å². The normalized spacial score (nSPS) is 11.3. The van der Waals surface area contributed by atoms with Gasteiger partial charge in [-0.3, -0.25) is 14.5 Å². The predicted octanol–water partition coefficient (Wildman–Crippen LogP) is 3.38. The largest absolute Gasteiger partial charge is 0.294 e. The highest BCUT2D eigenvalue weighted by atomic mass is 16.1. The summed E-state index contributed by atoms with van der Waals surface area (Å²) in [5.74, 6) is 0. The molecule has 0 aliphatic rings. The van der Waals surface area contributed by atoms with E-state index < -0.39 is 0 Å². The summed E-state index contributed by atoms with van der Waals surface area (Å²) < 4.78 is 1.61. The lowest BCUT2D eigenvalue weighted by Gasteiger charge is -2.09. The third-order valence-corrected chi connectivity index (χ3v) is 4.67.